The van der Waals surface area contributed by atoms with E-state index in [-0.39, 0.29) is 5.91 Å². The summed E-state index contributed by atoms with van der Waals surface area (Å²) in [5, 5.41) is 6.92. The van der Waals surface area contributed by atoms with Crippen LogP contribution < -0.4 is 10.6 Å². The fourth-order valence-electron chi connectivity index (χ4n) is 1.74. The van der Waals surface area contributed by atoms with Gasteiger partial charge < -0.3 is 10.6 Å². The second-order valence-corrected chi connectivity index (χ2v) is 6.18. The summed E-state index contributed by atoms with van der Waals surface area (Å²) in [6.07, 6.45) is 0.347. The zero-order valence-corrected chi connectivity index (χ0v) is 14.1. The molecule has 0 saturated carbocycles. The van der Waals surface area contributed by atoms with Crippen LogP contribution in [0.1, 0.15) is 6.42 Å². The van der Waals surface area contributed by atoms with Gasteiger partial charge in [0, 0.05) is 38.9 Å². The van der Waals surface area contributed by atoms with Crippen molar-refractivity contribution < 1.29 is 4.79 Å². The van der Waals surface area contributed by atoms with Crippen molar-refractivity contribution in [2.45, 2.75) is 6.42 Å². The highest BCUT2D eigenvalue weighted by Gasteiger charge is 2.04. The van der Waals surface area contributed by atoms with Crippen LogP contribution in [0.15, 0.2) is 46.9 Å². The van der Waals surface area contributed by atoms with Crippen molar-refractivity contribution in [1.29, 1.82) is 0 Å². The van der Waals surface area contributed by atoms with E-state index in [1.54, 1.807) is 18.2 Å². The Morgan fingerprint density at radius 2 is 1.62 bits per heavy atom. The van der Waals surface area contributed by atoms with Gasteiger partial charge in [-0.05, 0) is 42.5 Å². The number of anilines is 2. The highest BCUT2D eigenvalue weighted by molar-refractivity contribution is 9.10. The Hall–Kier alpha value is -1.23. The molecule has 0 aliphatic carbocycles. The van der Waals surface area contributed by atoms with E-state index in [2.05, 4.69) is 26.6 Å². The van der Waals surface area contributed by atoms with E-state index in [1.807, 2.05) is 24.3 Å². The SMILES string of the molecule is O=C(CCNc1ccc(Br)cc1)Nc1cc(Cl)cc(Cl)c1. The van der Waals surface area contributed by atoms with Crippen LogP contribution in [0.3, 0.4) is 0 Å². The van der Waals surface area contributed by atoms with Crippen molar-refractivity contribution in [2.75, 3.05) is 17.2 Å². The van der Waals surface area contributed by atoms with Gasteiger partial charge >= 0.3 is 0 Å². The monoisotopic (exact) mass is 386 g/mol. The molecular formula is C15H13BrCl2N2O. The van der Waals surface area contributed by atoms with Gasteiger partial charge in [-0.1, -0.05) is 39.1 Å². The third-order valence-electron chi connectivity index (χ3n) is 2.67. The second-order valence-electron chi connectivity index (χ2n) is 4.39. The van der Waals surface area contributed by atoms with Crippen LogP contribution >= 0.6 is 39.1 Å². The molecule has 0 radical (unpaired) electrons. The molecule has 110 valence electrons. The van der Waals surface area contributed by atoms with E-state index in [0.717, 1.165) is 10.2 Å². The number of carbonyl (C=O) groups is 1. The summed E-state index contributed by atoms with van der Waals surface area (Å²) < 4.78 is 1.02. The molecule has 6 heteroatoms. The minimum atomic E-state index is -0.0991. The highest BCUT2D eigenvalue weighted by Crippen LogP contribution is 2.22. The molecule has 0 aliphatic rings. The van der Waals surface area contributed by atoms with E-state index in [9.17, 15) is 4.79 Å². The summed E-state index contributed by atoms with van der Waals surface area (Å²) in [5.74, 6) is -0.0991. The molecule has 0 bridgehead atoms. The summed E-state index contributed by atoms with van der Waals surface area (Å²) in [4.78, 5) is 11.8. The van der Waals surface area contributed by atoms with Crippen LogP contribution in [-0.4, -0.2) is 12.5 Å². The first-order chi connectivity index (χ1) is 10.0. The number of carbonyl (C=O) groups excluding carboxylic acids is 1. The Morgan fingerprint density at radius 1 is 1.00 bits per heavy atom. The van der Waals surface area contributed by atoms with Gasteiger partial charge in [-0.25, -0.2) is 0 Å². The Labute approximate surface area is 141 Å². The third kappa shape index (κ3) is 5.58. The molecule has 0 unspecified atom stereocenters. The number of benzene rings is 2. The average Bonchev–Trinajstić information content (AvgIpc) is 2.39. The van der Waals surface area contributed by atoms with Crippen LogP contribution in [0, 0.1) is 0 Å². The van der Waals surface area contributed by atoms with Gasteiger partial charge in [-0.2, -0.15) is 0 Å². The Balaban J connectivity index is 1.80. The standard InChI is InChI=1S/C15H13BrCl2N2O/c16-10-1-3-13(4-2-10)19-6-5-15(21)20-14-8-11(17)7-12(18)9-14/h1-4,7-9,19H,5-6H2,(H,20,21). The fraction of sp³-hybridized carbons (Fsp3) is 0.133. The molecule has 0 atom stereocenters. The van der Waals surface area contributed by atoms with E-state index in [0.29, 0.717) is 28.7 Å². The molecule has 0 fully saturated rings. The second kappa shape index (κ2) is 7.69. The number of amides is 1. The average molecular weight is 388 g/mol. The van der Waals surface area contributed by atoms with Gasteiger partial charge in [0.2, 0.25) is 5.91 Å². The van der Waals surface area contributed by atoms with E-state index in [4.69, 9.17) is 23.2 Å². The minimum Gasteiger partial charge on any atom is -0.385 e. The number of hydrogen-bond donors (Lipinski definition) is 2. The molecule has 2 N–H and O–H groups in total. The van der Waals surface area contributed by atoms with Crippen molar-refractivity contribution in [1.82, 2.24) is 0 Å². The first-order valence-corrected chi connectivity index (χ1v) is 7.83. The van der Waals surface area contributed by atoms with Crippen LogP contribution in [0.2, 0.25) is 10.0 Å². The smallest absolute Gasteiger partial charge is 0.226 e. The van der Waals surface area contributed by atoms with Crippen molar-refractivity contribution in [3.05, 3.63) is 57.0 Å². The first-order valence-electron chi connectivity index (χ1n) is 6.28. The minimum absolute atomic E-state index is 0.0991. The lowest BCUT2D eigenvalue weighted by Gasteiger charge is -2.08. The molecule has 3 nitrogen and oxygen atoms in total. The Kier molecular flexibility index (Phi) is 5.91. The molecule has 1 amide bonds. The highest BCUT2D eigenvalue weighted by atomic mass is 79.9. The first kappa shape index (κ1) is 16.1. The zero-order valence-electron chi connectivity index (χ0n) is 11.0. The van der Waals surface area contributed by atoms with Crippen LogP contribution in [0.4, 0.5) is 11.4 Å². The van der Waals surface area contributed by atoms with Gasteiger partial charge in [0.15, 0.2) is 0 Å². The van der Waals surface area contributed by atoms with Crippen LogP contribution in [0.25, 0.3) is 0 Å². The van der Waals surface area contributed by atoms with Gasteiger partial charge in [-0.15, -0.1) is 0 Å². The lowest BCUT2D eigenvalue weighted by atomic mass is 10.3. The number of rotatable bonds is 5. The summed E-state index contributed by atoms with van der Waals surface area (Å²) in [7, 11) is 0. The molecule has 0 saturated heterocycles. The summed E-state index contributed by atoms with van der Waals surface area (Å²) in [6.45, 7) is 0.543. The van der Waals surface area contributed by atoms with Crippen molar-refractivity contribution in [2.24, 2.45) is 0 Å². The predicted octanol–water partition coefficient (Wildman–Crippen LogP) is 5.20. The Bertz CT molecular complexity index is 612. The molecule has 0 aromatic heterocycles. The summed E-state index contributed by atoms with van der Waals surface area (Å²) in [6, 6.07) is 12.7. The molecule has 0 aliphatic heterocycles. The lowest BCUT2D eigenvalue weighted by molar-refractivity contribution is -0.115. The zero-order chi connectivity index (χ0) is 15.2. The molecule has 2 rings (SSSR count). The predicted molar refractivity (Wildman–Crippen MR) is 92.3 cm³/mol. The van der Waals surface area contributed by atoms with Crippen molar-refractivity contribution in [3.8, 4) is 0 Å². The third-order valence-corrected chi connectivity index (χ3v) is 3.64. The largest absolute Gasteiger partial charge is 0.385 e. The van der Waals surface area contributed by atoms with Crippen LogP contribution in [-0.2, 0) is 4.79 Å². The maximum Gasteiger partial charge on any atom is 0.226 e. The lowest BCUT2D eigenvalue weighted by Crippen LogP contribution is -2.16. The molecule has 0 heterocycles. The molecule has 2 aromatic carbocycles. The van der Waals surface area contributed by atoms with Gasteiger partial charge in [0.25, 0.3) is 0 Å². The maximum atomic E-state index is 11.8. The number of halogens is 3. The van der Waals surface area contributed by atoms with Crippen molar-refractivity contribution >= 4 is 56.4 Å². The normalized spacial score (nSPS) is 10.2. The molecule has 0 spiro atoms. The van der Waals surface area contributed by atoms with Crippen LogP contribution in [0.5, 0.6) is 0 Å². The van der Waals surface area contributed by atoms with Gasteiger partial charge in [0.1, 0.15) is 0 Å². The van der Waals surface area contributed by atoms with Gasteiger partial charge in [0.05, 0.1) is 0 Å². The van der Waals surface area contributed by atoms with Crippen molar-refractivity contribution in [3.63, 3.8) is 0 Å². The van der Waals surface area contributed by atoms with E-state index in [1.165, 1.54) is 0 Å². The molecule has 2 aromatic rings. The summed E-state index contributed by atoms with van der Waals surface area (Å²) >= 11 is 15.1. The molecule has 21 heavy (non-hydrogen) atoms. The maximum absolute atomic E-state index is 11.8. The quantitative estimate of drug-likeness (QED) is 0.740. The van der Waals surface area contributed by atoms with Gasteiger partial charge in [-0.3, -0.25) is 4.79 Å². The fourth-order valence-corrected chi connectivity index (χ4v) is 2.53. The number of hydrogen-bond acceptors (Lipinski definition) is 2. The van der Waals surface area contributed by atoms with E-state index < -0.39 is 0 Å². The Morgan fingerprint density at radius 3 is 2.24 bits per heavy atom. The molecular weight excluding hydrogens is 375 g/mol. The number of nitrogens with one attached hydrogen (secondary N) is 2. The topological polar surface area (TPSA) is 41.1 Å². The summed E-state index contributed by atoms with van der Waals surface area (Å²) in [5.41, 5.74) is 1.57. The van der Waals surface area contributed by atoms with E-state index >= 15 is 0 Å².